The standard InChI is InChI=1S/C20H21N5O3S/c1-12-22-19-18(14-6-4-5-7-17(14)29-19)20(26)24(12)21-11-13-8-9-15(23(2)3)16(10-13)25(27)28/h8-11H,4-7H2,1-3H3. The molecule has 0 amide bonds. The Kier molecular flexibility index (Phi) is 4.91. The summed E-state index contributed by atoms with van der Waals surface area (Å²) in [6.45, 7) is 1.74. The van der Waals surface area contributed by atoms with Crippen LogP contribution in [0, 0.1) is 17.0 Å². The molecule has 0 bridgehead atoms. The largest absolute Gasteiger partial charge is 0.372 e. The molecule has 0 unspecified atom stereocenters. The summed E-state index contributed by atoms with van der Waals surface area (Å²) in [4.78, 5) is 32.4. The number of rotatable bonds is 4. The molecule has 1 aliphatic rings. The van der Waals surface area contributed by atoms with Crippen molar-refractivity contribution in [2.24, 2.45) is 5.10 Å². The van der Waals surface area contributed by atoms with Gasteiger partial charge in [0.25, 0.3) is 11.2 Å². The second kappa shape index (κ2) is 7.40. The molecule has 4 rings (SSSR count). The minimum absolute atomic E-state index is 0.0106. The van der Waals surface area contributed by atoms with E-state index in [0.717, 1.165) is 36.1 Å². The monoisotopic (exact) mass is 411 g/mol. The van der Waals surface area contributed by atoms with Crippen molar-refractivity contribution in [3.05, 3.63) is 60.5 Å². The van der Waals surface area contributed by atoms with Gasteiger partial charge in [0.1, 0.15) is 16.3 Å². The minimum Gasteiger partial charge on any atom is -0.372 e. The zero-order chi connectivity index (χ0) is 20.7. The van der Waals surface area contributed by atoms with Gasteiger partial charge in [-0.2, -0.15) is 9.78 Å². The number of benzene rings is 1. The molecule has 0 saturated heterocycles. The van der Waals surface area contributed by atoms with Gasteiger partial charge in [-0.1, -0.05) is 6.07 Å². The lowest BCUT2D eigenvalue weighted by Crippen LogP contribution is -2.21. The predicted octanol–water partition coefficient (Wildman–Crippen LogP) is 3.50. The number of anilines is 1. The molecule has 29 heavy (non-hydrogen) atoms. The smallest absolute Gasteiger partial charge is 0.293 e. The minimum atomic E-state index is -0.421. The fourth-order valence-electron chi connectivity index (χ4n) is 3.70. The van der Waals surface area contributed by atoms with E-state index < -0.39 is 4.92 Å². The van der Waals surface area contributed by atoms with Crippen molar-refractivity contribution in [3.63, 3.8) is 0 Å². The Bertz CT molecular complexity index is 1210. The summed E-state index contributed by atoms with van der Waals surface area (Å²) in [7, 11) is 3.50. The molecule has 0 N–H and O–H groups in total. The van der Waals surface area contributed by atoms with E-state index in [9.17, 15) is 14.9 Å². The Hall–Kier alpha value is -3.07. The van der Waals surface area contributed by atoms with Gasteiger partial charge in [0, 0.05) is 30.6 Å². The lowest BCUT2D eigenvalue weighted by Gasteiger charge is -2.12. The van der Waals surface area contributed by atoms with E-state index in [-0.39, 0.29) is 11.2 Å². The van der Waals surface area contributed by atoms with Crippen LogP contribution in [0.25, 0.3) is 10.2 Å². The van der Waals surface area contributed by atoms with Crippen LogP contribution in [0.4, 0.5) is 11.4 Å². The second-order valence-corrected chi connectivity index (χ2v) is 8.39. The van der Waals surface area contributed by atoms with Crippen molar-refractivity contribution in [1.82, 2.24) is 9.66 Å². The summed E-state index contributed by atoms with van der Waals surface area (Å²) in [5, 5.41) is 16.4. The topological polar surface area (TPSA) is 93.6 Å². The van der Waals surface area contributed by atoms with Gasteiger partial charge in [-0.05, 0) is 44.2 Å². The van der Waals surface area contributed by atoms with Gasteiger partial charge in [0.05, 0.1) is 16.5 Å². The van der Waals surface area contributed by atoms with Gasteiger partial charge < -0.3 is 4.90 Å². The number of aryl methyl sites for hydroxylation is 3. The molecule has 0 radical (unpaired) electrons. The van der Waals surface area contributed by atoms with Crippen molar-refractivity contribution in [2.45, 2.75) is 32.6 Å². The maximum Gasteiger partial charge on any atom is 0.293 e. The molecule has 2 aromatic heterocycles. The lowest BCUT2D eigenvalue weighted by molar-refractivity contribution is -0.384. The zero-order valence-corrected chi connectivity index (χ0v) is 17.3. The number of nitro groups is 1. The van der Waals surface area contributed by atoms with Crippen molar-refractivity contribution >= 4 is 39.1 Å². The lowest BCUT2D eigenvalue weighted by atomic mass is 9.97. The second-order valence-electron chi connectivity index (χ2n) is 7.31. The van der Waals surface area contributed by atoms with Gasteiger partial charge in [-0.15, -0.1) is 11.3 Å². The van der Waals surface area contributed by atoms with Gasteiger partial charge in [-0.3, -0.25) is 14.9 Å². The molecule has 1 aromatic carbocycles. The zero-order valence-electron chi connectivity index (χ0n) is 16.5. The van der Waals surface area contributed by atoms with E-state index in [1.54, 1.807) is 49.4 Å². The maximum absolute atomic E-state index is 13.1. The van der Waals surface area contributed by atoms with Crippen molar-refractivity contribution in [1.29, 1.82) is 0 Å². The first kappa shape index (κ1) is 19.3. The van der Waals surface area contributed by atoms with Crippen LogP contribution >= 0.6 is 11.3 Å². The van der Waals surface area contributed by atoms with Gasteiger partial charge in [0.15, 0.2) is 0 Å². The highest BCUT2D eigenvalue weighted by atomic mass is 32.1. The summed E-state index contributed by atoms with van der Waals surface area (Å²) in [5.41, 5.74) is 1.98. The molecule has 9 heteroatoms. The highest BCUT2D eigenvalue weighted by Crippen LogP contribution is 2.33. The number of hydrogen-bond donors (Lipinski definition) is 0. The fraction of sp³-hybridized carbons (Fsp3) is 0.350. The van der Waals surface area contributed by atoms with Crippen molar-refractivity contribution in [2.75, 3.05) is 19.0 Å². The summed E-state index contributed by atoms with van der Waals surface area (Å²) in [5.74, 6) is 0.497. The average Bonchev–Trinajstić information content (AvgIpc) is 3.05. The highest BCUT2D eigenvalue weighted by molar-refractivity contribution is 7.18. The van der Waals surface area contributed by atoms with E-state index in [1.807, 2.05) is 0 Å². The Morgan fingerprint density at radius 1 is 1.31 bits per heavy atom. The summed E-state index contributed by atoms with van der Waals surface area (Å²) in [6.07, 6.45) is 5.59. The van der Waals surface area contributed by atoms with E-state index in [2.05, 4.69) is 10.1 Å². The Labute approximate surface area is 171 Å². The molecule has 1 aliphatic carbocycles. The molecule has 0 aliphatic heterocycles. The molecule has 0 atom stereocenters. The van der Waals surface area contributed by atoms with E-state index in [0.29, 0.717) is 22.5 Å². The first-order valence-corrected chi connectivity index (χ1v) is 10.2. The van der Waals surface area contributed by atoms with Crippen LogP contribution in [-0.4, -0.2) is 34.9 Å². The predicted molar refractivity (Wildman–Crippen MR) is 116 cm³/mol. The Balaban J connectivity index is 1.78. The van der Waals surface area contributed by atoms with Gasteiger partial charge >= 0.3 is 0 Å². The molecule has 0 fully saturated rings. The third-order valence-electron chi connectivity index (χ3n) is 5.13. The molecule has 2 heterocycles. The van der Waals surface area contributed by atoms with Crippen LogP contribution in [0.1, 0.15) is 34.7 Å². The molecule has 150 valence electrons. The molecule has 3 aromatic rings. The third kappa shape index (κ3) is 3.42. The summed E-state index contributed by atoms with van der Waals surface area (Å²) < 4.78 is 1.29. The first-order chi connectivity index (χ1) is 13.9. The van der Waals surface area contributed by atoms with E-state index in [4.69, 9.17) is 0 Å². The van der Waals surface area contributed by atoms with Crippen molar-refractivity contribution in [3.8, 4) is 0 Å². The average molecular weight is 411 g/mol. The highest BCUT2D eigenvalue weighted by Gasteiger charge is 2.21. The number of fused-ring (bicyclic) bond motifs is 3. The number of nitro benzene ring substituents is 1. The van der Waals surface area contributed by atoms with Gasteiger partial charge in [0.2, 0.25) is 0 Å². The van der Waals surface area contributed by atoms with Crippen LogP contribution in [0.5, 0.6) is 0 Å². The Morgan fingerprint density at radius 2 is 2.07 bits per heavy atom. The fourth-order valence-corrected chi connectivity index (χ4v) is 5.00. The number of hydrogen-bond acceptors (Lipinski definition) is 7. The van der Waals surface area contributed by atoms with Crippen LogP contribution in [0.3, 0.4) is 0 Å². The number of thiophene rings is 1. The number of aromatic nitrogens is 2. The SMILES string of the molecule is Cc1nc2sc3c(c2c(=O)n1N=Cc1ccc(N(C)C)c([N+](=O)[O-])c1)CCCC3. The third-order valence-corrected chi connectivity index (χ3v) is 6.31. The normalized spacial score (nSPS) is 13.8. The maximum atomic E-state index is 13.1. The molecular weight excluding hydrogens is 390 g/mol. The van der Waals surface area contributed by atoms with E-state index in [1.165, 1.54) is 21.8 Å². The molecule has 8 nitrogen and oxygen atoms in total. The van der Waals surface area contributed by atoms with E-state index >= 15 is 0 Å². The first-order valence-electron chi connectivity index (χ1n) is 9.41. The van der Waals surface area contributed by atoms with Crippen LogP contribution in [-0.2, 0) is 12.8 Å². The van der Waals surface area contributed by atoms with Gasteiger partial charge in [-0.25, -0.2) is 4.98 Å². The van der Waals surface area contributed by atoms with Crippen LogP contribution < -0.4 is 10.5 Å². The number of nitrogens with zero attached hydrogens (tertiary/aromatic N) is 5. The van der Waals surface area contributed by atoms with Crippen LogP contribution in [0.15, 0.2) is 28.1 Å². The van der Waals surface area contributed by atoms with Crippen molar-refractivity contribution < 1.29 is 4.92 Å². The quantitative estimate of drug-likeness (QED) is 0.372. The molecular formula is C20H21N5O3S. The Morgan fingerprint density at radius 3 is 2.79 bits per heavy atom. The summed E-state index contributed by atoms with van der Waals surface area (Å²) in [6, 6.07) is 4.87. The molecule has 0 spiro atoms. The summed E-state index contributed by atoms with van der Waals surface area (Å²) >= 11 is 1.60. The van der Waals surface area contributed by atoms with Crippen LogP contribution in [0.2, 0.25) is 0 Å². The molecule has 0 saturated carbocycles.